The Balaban J connectivity index is 0.908. The van der Waals surface area contributed by atoms with Crippen LogP contribution in [0.15, 0.2) is 277 Å². The van der Waals surface area contributed by atoms with Gasteiger partial charge in [-0.3, -0.25) is 0 Å². The number of hydrogen-bond donors (Lipinski definition) is 0. The number of rotatable bonds is 11. The highest BCUT2D eigenvalue weighted by atomic mass is 32.1. The van der Waals surface area contributed by atoms with E-state index in [1.165, 1.54) is 36.9 Å². The Bertz CT molecular complexity index is 3960. The van der Waals surface area contributed by atoms with E-state index in [9.17, 15) is 0 Å². The van der Waals surface area contributed by atoms with Gasteiger partial charge in [-0.25, -0.2) is 0 Å². The Morgan fingerprint density at radius 1 is 0.225 bits per heavy atom. The molecule has 2 aromatic heterocycles. The molecule has 13 aromatic rings. The van der Waals surface area contributed by atoms with Gasteiger partial charge in [0.15, 0.2) is 0 Å². The first-order valence-corrected chi connectivity index (χ1v) is 24.8. The molecule has 0 saturated heterocycles. The number of thiophene rings is 1. The van der Waals surface area contributed by atoms with Crippen LogP contribution < -0.4 is 14.7 Å². The normalized spacial score (nSPS) is 11.4. The second kappa shape index (κ2) is 18.1. The molecule has 0 atom stereocenters. The maximum absolute atomic E-state index is 6.50. The maximum Gasteiger partial charge on any atom is 0.137 e. The molecule has 0 amide bonds. The minimum atomic E-state index is 0.853. The van der Waals surface area contributed by atoms with E-state index in [0.29, 0.717) is 0 Å². The summed E-state index contributed by atoms with van der Waals surface area (Å²) in [4.78, 5) is 7.02. The number of nitrogens with zero attached hydrogens (tertiary/aromatic N) is 3. The first-order valence-electron chi connectivity index (χ1n) is 24.0. The van der Waals surface area contributed by atoms with Crippen molar-refractivity contribution in [1.82, 2.24) is 0 Å². The summed E-state index contributed by atoms with van der Waals surface area (Å²) in [5.74, 6) is 0. The SMILES string of the molecule is c1ccc(-c2cccc(-c3cccc(N(c4ccccc4)c4ccc(N(c5ccc6c(c5)oc5ccccc56)c5ccc6c(c5)sc5ccc(N(c7ccccc7)c7ccccc7)cc56)cc4)c3)c2)cc1. The first-order chi connectivity index (χ1) is 35.2. The second-order valence-electron chi connectivity index (χ2n) is 17.8. The van der Waals surface area contributed by atoms with E-state index in [4.69, 9.17) is 4.42 Å². The average molecular weight is 928 g/mol. The molecular formula is C66H45N3OS. The molecule has 2 heterocycles. The fourth-order valence-electron chi connectivity index (χ4n) is 10.0. The molecule has 0 aliphatic heterocycles. The summed E-state index contributed by atoms with van der Waals surface area (Å²) in [5, 5.41) is 4.68. The van der Waals surface area contributed by atoms with E-state index < -0.39 is 0 Å². The molecule has 0 aliphatic carbocycles. The molecule has 71 heavy (non-hydrogen) atoms. The predicted molar refractivity (Wildman–Crippen MR) is 302 cm³/mol. The highest BCUT2D eigenvalue weighted by Gasteiger charge is 2.21. The summed E-state index contributed by atoms with van der Waals surface area (Å²) in [6.45, 7) is 0. The number of anilines is 9. The van der Waals surface area contributed by atoms with Gasteiger partial charge in [0.1, 0.15) is 11.2 Å². The van der Waals surface area contributed by atoms with Crippen molar-refractivity contribution in [3.05, 3.63) is 273 Å². The summed E-state index contributed by atoms with van der Waals surface area (Å²) in [7, 11) is 0. The lowest BCUT2D eigenvalue weighted by molar-refractivity contribution is 0.669. The zero-order valence-electron chi connectivity index (χ0n) is 38.6. The lowest BCUT2D eigenvalue weighted by atomic mass is 9.98. The van der Waals surface area contributed by atoms with Crippen LogP contribution in [0, 0.1) is 0 Å². The van der Waals surface area contributed by atoms with Crippen molar-refractivity contribution in [3.63, 3.8) is 0 Å². The van der Waals surface area contributed by atoms with E-state index in [2.05, 4.69) is 276 Å². The molecule has 4 nitrogen and oxygen atoms in total. The van der Waals surface area contributed by atoms with Crippen LogP contribution in [-0.4, -0.2) is 0 Å². The van der Waals surface area contributed by atoms with Crippen LogP contribution in [0.5, 0.6) is 0 Å². The van der Waals surface area contributed by atoms with Crippen molar-refractivity contribution in [2.45, 2.75) is 0 Å². The number of hydrogen-bond acceptors (Lipinski definition) is 5. The van der Waals surface area contributed by atoms with Crippen LogP contribution in [-0.2, 0) is 0 Å². The number of furan rings is 1. The standard InChI is InChI=1S/C66H45N3OS/c1-5-17-46(18-6-1)47-19-15-20-48(41-47)49-21-16-28-55(42-49)68(52-26-11-4-12-27-52)53-31-33-54(34-32-53)69(57-35-38-60-59-29-13-14-30-63(59)70-64(60)44-57)58-36-39-61-62-43-56(37-40-65(62)71-66(61)45-58)67(50-22-7-2-8-23-50)51-24-9-3-10-25-51/h1-45H. The van der Waals surface area contributed by atoms with Crippen molar-refractivity contribution < 1.29 is 4.42 Å². The Morgan fingerprint density at radius 2 is 0.634 bits per heavy atom. The molecule has 336 valence electrons. The maximum atomic E-state index is 6.50. The van der Waals surface area contributed by atoms with E-state index in [1.54, 1.807) is 0 Å². The quantitative estimate of drug-likeness (QED) is 0.129. The molecule has 13 rings (SSSR count). The van der Waals surface area contributed by atoms with Crippen LogP contribution in [0.1, 0.15) is 0 Å². The molecule has 0 spiro atoms. The molecule has 0 bridgehead atoms. The van der Waals surface area contributed by atoms with Crippen LogP contribution >= 0.6 is 11.3 Å². The Hall–Kier alpha value is -9.16. The molecule has 0 radical (unpaired) electrons. The minimum Gasteiger partial charge on any atom is -0.456 e. The van der Waals surface area contributed by atoms with E-state index in [0.717, 1.165) is 78.7 Å². The van der Waals surface area contributed by atoms with Gasteiger partial charge in [0.25, 0.3) is 0 Å². The summed E-state index contributed by atoms with van der Waals surface area (Å²) >= 11 is 1.83. The van der Waals surface area contributed by atoms with Gasteiger partial charge < -0.3 is 19.1 Å². The third kappa shape index (κ3) is 7.94. The molecule has 11 aromatic carbocycles. The summed E-state index contributed by atoms with van der Waals surface area (Å²) in [5.41, 5.74) is 16.1. The summed E-state index contributed by atoms with van der Waals surface area (Å²) in [6, 6.07) is 97.7. The highest BCUT2D eigenvalue weighted by Crippen LogP contribution is 2.46. The molecule has 5 heteroatoms. The topological polar surface area (TPSA) is 22.9 Å². The van der Waals surface area contributed by atoms with E-state index >= 15 is 0 Å². The van der Waals surface area contributed by atoms with Crippen molar-refractivity contribution in [2.75, 3.05) is 14.7 Å². The van der Waals surface area contributed by atoms with Crippen molar-refractivity contribution >= 4 is 105 Å². The smallest absolute Gasteiger partial charge is 0.137 e. The van der Waals surface area contributed by atoms with Gasteiger partial charge in [0.2, 0.25) is 0 Å². The van der Waals surface area contributed by atoms with Gasteiger partial charge in [-0.15, -0.1) is 11.3 Å². The predicted octanol–water partition coefficient (Wildman–Crippen LogP) is 19.7. The zero-order chi connectivity index (χ0) is 47.1. The third-order valence-electron chi connectivity index (χ3n) is 13.4. The molecule has 0 N–H and O–H groups in total. The fourth-order valence-corrected chi connectivity index (χ4v) is 11.2. The second-order valence-corrected chi connectivity index (χ2v) is 18.9. The number of fused-ring (bicyclic) bond motifs is 6. The zero-order valence-corrected chi connectivity index (χ0v) is 39.5. The molecule has 0 saturated carbocycles. The van der Waals surface area contributed by atoms with Crippen LogP contribution in [0.3, 0.4) is 0 Å². The molecule has 0 fully saturated rings. The Morgan fingerprint density at radius 3 is 1.28 bits per heavy atom. The molecule has 0 aliphatic rings. The largest absolute Gasteiger partial charge is 0.456 e. The van der Waals surface area contributed by atoms with E-state index in [-0.39, 0.29) is 0 Å². The van der Waals surface area contributed by atoms with Crippen molar-refractivity contribution in [1.29, 1.82) is 0 Å². The Labute approximate surface area is 416 Å². The highest BCUT2D eigenvalue weighted by molar-refractivity contribution is 7.25. The van der Waals surface area contributed by atoms with Gasteiger partial charge in [0.05, 0.1) is 0 Å². The van der Waals surface area contributed by atoms with Gasteiger partial charge in [-0.1, -0.05) is 140 Å². The van der Waals surface area contributed by atoms with Crippen LogP contribution in [0.4, 0.5) is 51.2 Å². The van der Waals surface area contributed by atoms with Gasteiger partial charge in [-0.2, -0.15) is 0 Å². The summed E-state index contributed by atoms with van der Waals surface area (Å²) < 4.78 is 8.97. The lowest BCUT2D eigenvalue weighted by Gasteiger charge is -2.28. The van der Waals surface area contributed by atoms with Gasteiger partial charge in [-0.05, 0) is 150 Å². The van der Waals surface area contributed by atoms with Crippen molar-refractivity contribution in [3.8, 4) is 22.3 Å². The van der Waals surface area contributed by atoms with E-state index in [1.807, 2.05) is 23.5 Å². The van der Waals surface area contributed by atoms with Crippen LogP contribution in [0.2, 0.25) is 0 Å². The minimum absolute atomic E-state index is 0.853. The van der Waals surface area contributed by atoms with Crippen LogP contribution in [0.25, 0.3) is 64.4 Å². The number of para-hydroxylation sites is 4. The molecule has 0 unspecified atom stereocenters. The average Bonchev–Trinajstić information content (AvgIpc) is 4.00. The van der Waals surface area contributed by atoms with Gasteiger partial charge >= 0.3 is 0 Å². The molecular weight excluding hydrogens is 883 g/mol. The van der Waals surface area contributed by atoms with Crippen molar-refractivity contribution in [2.24, 2.45) is 0 Å². The Kier molecular flexibility index (Phi) is 10.7. The summed E-state index contributed by atoms with van der Waals surface area (Å²) in [6.07, 6.45) is 0. The third-order valence-corrected chi connectivity index (χ3v) is 14.5. The lowest BCUT2D eigenvalue weighted by Crippen LogP contribution is -2.12. The number of benzene rings is 11. The van der Waals surface area contributed by atoms with Gasteiger partial charge in [0, 0.05) is 88.2 Å². The fraction of sp³-hybridized carbons (Fsp3) is 0. The monoisotopic (exact) mass is 927 g/mol. The first kappa shape index (κ1) is 42.0.